The Bertz CT molecular complexity index is 953. The van der Waals surface area contributed by atoms with Gasteiger partial charge in [0, 0.05) is 12.8 Å². The molecule has 0 heterocycles. The van der Waals surface area contributed by atoms with E-state index in [1.807, 2.05) is 0 Å². The number of benzene rings is 1. The fourth-order valence-electron chi connectivity index (χ4n) is 3.07. The number of amides is 3. The van der Waals surface area contributed by atoms with Gasteiger partial charge in [-0.2, -0.15) is 0 Å². The summed E-state index contributed by atoms with van der Waals surface area (Å²) in [4.78, 5) is 71.3. The standard InChI is InChI=1S/C22H30N4O10/c1-11(27)18(22(35)36)26-21(34)15(9-12-5-3-2-4-6-12)25-20(33)14(7-8-16(28)29)24-19(32)13(23)10-17(30)31/h2-6,11,13-15,18,27H,7-10,23H2,1H3,(H,24,32)(H,25,33)(H,26,34)(H,28,29)(H,30,31)(H,35,36). The number of aliphatic hydroxyl groups excluding tert-OH is 1. The molecule has 0 aliphatic carbocycles. The van der Waals surface area contributed by atoms with Crippen LogP contribution in [0.2, 0.25) is 0 Å². The van der Waals surface area contributed by atoms with Crippen molar-refractivity contribution in [3.05, 3.63) is 35.9 Å². The zero-order valence-corrected chi connectivity index (χ0v) is 19.4. The van der Waals surface area contributed by atoms with Crippen LogP contribution in [-0.2, 0) is 35.2 Å². The lowest BCUT2D eigenvalue weighted by Gasteiger charge is -2.25. The molecule has 0 saturated heterocycles. The monoisotopic (exact) mass is 510 g/mol. The van der Waals surface area contributed by atoms with Crippen LogP contribution < -0.4 is 21.7 Å². The highest BCUT2D eigenvalue weighted by Crippen LogP contribution is 2.07. The predicted octanol–water partition coefficient (Wildman–Crippen LogP) is -2.18. The molecule has 0 aromatic heterocycles. The summed E-state index contributed by atoms with van der Waals surface area (Å²) in [7, 11) is 0. The normalized spacial score (nSPS) is 14.9. The number of aliphatic carboxylic acids is 3. The van der Waals surface area contributed by atoms with Crippen LogP contribution in [0.15, 0.2) is 30.3 Å². The predicted molar refractivity (Wildman–Crippen MR) is 122 cm³/mol. The van der Waals surface area contributed by atoms with Gasteiger partial charge in [0.15, 0.2) is 6.04 Å². The maximum Gasteiger partial charge on any atom is 0.328 e. The lowest BCUT2D eigenvalue weighted by molar-refractivity contribution is -0.145. The summed E-state index contributed by atoms with van der Waals surface area (Å²) in [6.07, 6.45) is -3.27. The molecule has 1 rings (SSSR count). The van der Waals surface area contributed by atoms with Crippen LogP contribution in [-0.4, -0.2) is 86.3 Å². The molecule has 0 fully saturated rings. The minimum atomic E-state index is -1.68. The van der Waals surface area contributed by atoms with Crippen molar-refractivity contribution in [1.29, 1.82) is 0 Å². The van der Waals surface area contributed by atoms with Crippen molar-refractivity contribution in [3.63, 3.8) is 0 Å². The van der Waals surface area contributed by atoms with Gasteiger partial charge in [0.05, 0.1) is 18.6 Å². The van der Waals surface area contributed by atoms with Crippen molar-refractivity contribution in [2.45, 2.75) is 62.9 Å². The van der Waals surface area contributed by atoms with Gasteiger partial charge in [0.1, 0.15) is 12.1 Å². The first kappa shape index (κ1) is 30.0. The van der Waals surface area contributed by atoms with Gasteiger partial charge in [0.2, 0.25) is 17.7 Å². The summed E-state index contributed by atoms with van der Waals surface area (Å²) in [6, 6.07) is 2.27. The Morgan fingerprint density at radius 1 is 0.833 bits per heavy atom. The van der Waals surface area contributed by atoms with E-state index in [2.05, 4.69) is 16.0 Å². The van der Waals surface area contributed by atoms with Gasteiger partial charge in [-0.3, -0.25) is 24.0 Å². The Balaban J connectivity index is 3.14. The second-order valence-electron chi connectivity index (χ2n) is 8.01. The van der Waals surface area contributed by atoms with Crippen LogP contribution in [0.3, 0.4) is 0 Å². The van der Waals surface area contributed by atoms with Gasteiger partial charge < -0.3 is 42.1 Å². The zero-order valence-electron chi connectivity index (χ0n) is 19.4. The van der Waals surface area contributed by atoms with Crippen LogP contribution in [0.5, 0.6) is 0 Å². The van der Waals surface area contributed by atoms with Crippen LogP contribution in [0.25, 0.3) is 0 Å². The van der Waals surface area contributed by atoms with E-state index in [4.69, 9.17) is 15.9 Å². The average molecular weight is 511 g/mol. The molecular formula is C22H30N4O10. The molecule has 5 atom stereocenters. The van der Waals surface area contributed by atoms with Gasteiger partial charge in [-0.25, -0.2) is 4.79 Å². The largest absolute Gasteiger partial charge is 0.481 e. The highest BCUT2D eigenvalue weighted by Gasteiger charge is 2.32. The SMILES string of the molecule is CC(O)C(NC(=O)C(Cc1ccccc1)NC(=O)C(CCC(=O)O)NC(=O)C(N)CC(=O)O)C(=O)O. The van der Waals surface area contributed by atoms with Gasteiger partial charge >= 0.3 is 17.9 Å². The van der Waals surface area contributed by atoms with Crippen LogP contribution in [0, 0.1) is 0 Å². The highest BCUT2D eigenvalue weighted by molar-refractivity contribution is 5.95. The second kappa shape index (κ2) is 14.4. The van der Waals surface area contributed by atoms with E-state index in [0.29, 0.717) is 5.56 Å². The molecule has 5 unspecified atom stereocenters. The Kier molecular flexibility index (Phi) is 12.0. The third kappa shape index (κ3) is 10.5. The van der Waals surface area contributed by atoms with E-state index in [1.54, 1.807) is 30.3 Å². The van der Waals surface area contributed by atoms with Crippen molar-refractivity contribution in [1.82, 2.24) is 16.0 Å². The molecule has 14 nitrogen and oxygen atoms in total. The molecule has 36 heavy (non-hydrogen) atoms. The average Bonchev–Trinajstić information content (AvgIpc) is 2.78. The quantitative estimate of drug-likeness (QED) is 0.126. The first-order chi connectivity index (χ1) is 16.8. The molecule has 0 aliphatic heterocycles. The number of carbonyl (C=O) groups is 6. The molecule has 198 valence electrons. The van der Waals surface area contributed by atoms with Gasteiger partial charge in [-0.05, 0) is 18.9 Å². The van der Waals surface area contributed by atoms with Crippen LogP contribution in [0.1, 0.15) is 31.7 Å². The van der Waals surface area contributed by atoms with E-state index in [-0.39, 0.29) is 6.42 Å². The van der Waals surface area contributed by atoms with Crippen molar-refractivity contribution in [3.8, 4) is 0 Å². The fourth-order valence-corrected chi connectivity index (χ4v) is 3.07. The Labute approximate surface area is 205 Å². The van der Waals surface area contributed by atoms with E-state index in [1.165, 1.54) is 0 Å². The topological polar surface area (TPSA) is 245 Å². The van der Waals surface area contributed by atoms with E-state index >= 15 is 0 Å². The van der Waals surface area contributed by atoms with Crippen LogP contribution >= 0.6 is 0 Å². The number of rotatable bonds is 15. The number of hydrogen-bond donors (Lipinski definition) is 8. The van der Waals surface area contributed by atoms with E-state index < -0.39 is 85.2 Å². The first-order valence-electron chi connectivity index (χ1n) is 10.9. The maximum atomic E-state index is 13.0. The number of hydrogen-bond acceptors (Lipinski definition) is 8. The Morgan fingerprint density at radius 2 is 1.39 bits per heavy atom. The minimum absolute atomic E-state index is 0.108. The number of nitrogens with two attached hydrogens (primary N) is 1. The molecule has 0 spiro atoms. The summed E-state index contributed by atoms with van der Waals surface area (Å²) in [6.45, 7) is 1.15. The summed E-state index contributed by atoms with van der Waals surface area (Å²) in [5.74, 6) is -7.11. The maximum absolute atomic E-state index is 13.0. The highest BCUT2D eigenvalue weighted by atomic mass is 16.4. The molecule has 14 heteroatoms. The number of carbonyl (C=O) groups excluding carboxylic acids is 3. The van der Waals surface area contributed by atoms with Crippen LogP contribution in [0.4, 0.5) is 0 Å². The Hall–Kier alpha value is -4.04. The van der Waals surface area contributed by atoms with E-state index in [0.717, 1.165) is 6.92 Å². The molecular weight excluding hydrogens is 480 g/mol. The number of carboxylic acid groups (broad SMARTS) is 3. The lowest BCUT2D eigenvalue weighted by atomic mass is 10.0. The molecule has 3 amide bonds. The third-order valence-electron chi connectivity index (χ3n) is 4.97. The molecule has 1 aromatic rings. The van der Waals surface area contributed by atoms with Gasteiger partial charge in [-0.1, -0.05) is 30.3 Å². The Morgan fingerprint density at radius 3 is 1.89 bits per heavy atom. The lowest BCUT2D eigenvalue weighted by Crippen LogP contribution is -2.58. The van der Waals surface area contributed by atoms with Crippen molar-refractivity contribution >= 4 is 35.6 Å². The first-order valence-corrected chi connectivity index (χ1v) is 10.9. The summed E-state index contributed by atoms with van der Waals surface area (Å²) in [5, 5.41) is 43.4. The van der Waals surface area contributed by atoms with Gasteiger partial charge in [-0.15, -0.1) is 0 Å². The zero-order chi connectivity index (χ0) is 27.4. The molecule has 1 aromatic carbocycles. The third-order valence-corrected chi connectivity index (χ3v) is 4.97. The number of carboxylic acids is 3. The molecule has 0 aliphatic rings. The van der Waals surface area contributed by atoms with Crippen molar-refractivity contribution in [2.24, 2.45) is 5.73 Å². The number of nitrogens with one attached hydrogen (secondary N) is 3. The molecule has 9 N–H and O–H groups in total. The smallest absolute Gasteiger partial charge is 0.328 e. The van der Waals surface area contributed by atoms with E-state index in [9.17, 15) is 39.0 Å². The minimum Gasteiger partial charge on any atom is -0.481 e. The van der Waals surface area contributed by atoms with Crippen molar-refractivity contribution < 1.29 is 49.2 Å². The van der Waals surface area contributed by atoms with Gasteiger partial charge in [0.25, 0.3) is 0 Å². The summed E-state index contributed by atoms with van der Waals surface area (Å²) < 4.78 is 0. The molecule has 0 bridgehead atoms. The fraction of sp³-hybridized carbons (Fsp3) is 0.455. The van der Waals surface area contributed by atoms with Crippen molar-refractivity contribution in [2.75, 3.05) is 0 Å². The second-order valence-corrected chi connectivity index (χ2v) is 8.01. The summed E-state index contributed by atoms with van der Waals surface area (Å²) in [5.41, 5.74) is 6.08. The summed E-state index contributed by atoms with van der Waals surface area (Å²) >= 11 is 0. The molecule has 0 saturated carbocycles. The number of aliphatic hydroxyl groups is 1. The molecule has 0 radical (unpaired) electrons.